The monoisotopic (exact) mass is 300 g/mol. The van der Waals surface area contributed by atoms with Gasteiger partial charge in [0.05, 0.1) is 29.6 Å². The van der Waals surface area contributed by atoms with Crippen molar-refractivity contribution >= 4 is 9.84 Å². The average molecular weight is 300 g/mol. The molecule has 0 spiro atoms. The Bertz CT molecular complexity index is 540. The number of sulfone groups is 1. The summed E-state index contributed by atoms with van der Waals surface area (Å²) in [5.41, 5.74) is 7.00. The quantitative estimate of drug-likeness (QED) is 0.823. The number of aryl methyl sites for hydroxylation is 1. The van der Waals surface area contributed by atoms with Crippen LogP contribution in [0.1, 0.15) is 31.5 Å². The number of aromatic nitrogens is 2. The van der Waals surface area contributed by atoms with Gasteiger partial charge in [-0.25, -0.2) is 13.4 Å². The van der Waals surface area contributed by atoms with E-state index in [0.29, 0.717) is 13.0 Å². The molecular formula is C13H24N4O2S. The van der Waals surface area contributed by atoms with Gasteiger partial charge >= 0.3 is 0 Å². The lowest BCUT2D eigenvalue weighted by Crippen LogP contribution is -2.40. The Balaban J connectivity index is 2.17. The highest BCUT2D eigenvalue weighted by Crippen LogP contribution is 2.26. The molecule has 7 heteroatoms. The molecule has 2 rings (SSSR count). The molecule has 1 fully saturated rings. The second kappa shape index (κ2) is 6.24. The van der Waals surface area contributed by atoms with Crippen LogP contribution >= 0.6 is 0 Å². The van der Waals surface area contributed by atoms with E-state index in [4.69, 9.17) is 5.73 Å². The number of hydrogen-bond donors (Lipinski definition) is 1. The van der Waals surface area contributed by atoms with Crippen LogP contribution in [-0.4, -0.2) is 54.0 Å². The van der Waals surface area contributed by atoms with Crippen molar-refractivity contribution in [1.82, 2.24) is 14.5 Å². The molecule has 1 aliphatic heterocycles. The van der Waals surface area contributed by atoms with Crippen molar-refractivity contribution in [2.45, 2.75) is 38.4 Å². The van der Waals surface area contributed by atoms with Crippen molar-refractivity contribution in [2.75, 3.05) is 25.1 Å². The van der Waals surface area contributed by atoms with Crippen LogP contribution in [0.4, 0.5) is 0 Å². The van der Waals surface area contributed by atoms with Gasteiger partial charge in [-0.2, -0.15) is 0 Å². The van der Waals surface area contributed by atoms with Crippen molar-refractivity contribution in [3.8, 4) is 0 Å². The molecule has 0 saturated carbocycles. The SMILES string of the molecule is CCCn1cncc1C(CN)N(C)C1CCS(=O)(=O)C1. The largest absolute Gasteiger partial charge is 0.333 e. The fourth-order valence-corrected chi connectivity index (χ4v) is 4.67. The van der Waals surface area contributed by atoms with Gasteiger partial charge in [-0.05, 0) is 19.9 Å². The lowest BCUT2D eigenvalue weighted by atomic mass is 10.1. The fraction of sp³-hybridized carbons (Fsp3) is 0.769. The van der Waals surface area contributed by atoms with Gasteiger partial charge in [0.1, 0.15) is 0 Å². The summed E-state index contributed by atoms with van der Waals surface area (Å²) in [7, 11) is -0.912. The predicted octanol–water partition coefficient (Wildman–Crippen LogP) is 0.412. The van der Waals surface area contributed by atoms with E-state index < -0.39 is 9.84 Å². The van der Waals surface area contributed by atoms with Gasteiger partial charge in [0, 0.05) is 25.3 Å². The highest BCUT2D eigenvalue weighted by Gasteiger charge is 2.34. The average Bonchev–Trinajstić information content (AvgIpc) is 2.98. The lowest BCUT2D eigenvalue weighted by molar-refractivity contribution is 0.185. The molecule has 2 heterocycles. The van der Waals surface area contributed by atoms with Crippen molar-refractivity contribution < 1.29 is 8.42 Å². The number of nitrogens with two attached hydrogens (primary N) is 1. The molecule has 0 aromatic carbocycles. The third-order valence-corrected chi connectivity index (χ3v) is 5.80. The minimum atomic E-state index is -2.88. The molecule has 1 aromatic rings. The minimum absolute atomic E-state index is 0.0161. The van der Waals surface area contributed by atoms with Gasteiger partial charge in [0.15, 0.2) is 9.84 Å². The second-order valence-electron chi connectivity index (χ2n) is 5.49. The summed E-state index contributed by atoms with van der Waals surface area (Å²) in [5.74, 6) is 0.523. The van der Waals surface area contributed by atoms with Gasteiger partial charge in [-0.3, -0.25) is 4.90 Å². The van der Waals surface area contributed by atoms with E-state index in [2.05, 4.69) is 21.4 Å². The summed E-state index contributed by atoms with van der Waals surface area (Å²) >= 11 is 0. The fourth-order valence-electron chi connectivity index (χ4n) is 2.88. The van der Waals surface area contributed by atoms with Crippen LogP contribution < -0.4 is 5.73 Å². The molecule has 2 N–H and O–H groups in total. The molecule has 0 aliphatic carbocycles. The summed E-state index contributed by atoms with van der Waals surface area (Å²) in [4.78, 5) is 6.31. The first-order valence-electron chi connectivity index (χ1n) is 7.11. The molecule has 1 aromatic heterocycles. The van der Waals surface area contributed by atoms with E-state index in [-0.39, 0.29) is 23.6 Å². The van der Waals surface area contributed by atoms with Crippen LogP contribution in [0.2, 0.25) is 0 Å². The molecule has 2 atom stereocenters. The number of hydrogen-bond acceptors (Lipinski definition) is 5. The third kappa shape index (κ3) is 3.21. The Morgan fingerprint density at radius 2 is 2.35 bits per heavy atom. The van der Waals surface area contributed by atoms with E-state index in [0.717, 1.165) is 18.7 Å². The van der Waals surface area contributed by atoms with Crippen LogP contribution in [-0.2, 0) is 16.4 Å². The molecule has 2 unspecified atom stereocenters. The van der Waals surface area contributed by atoms with Crippen LogP contribution in [0.5, 0.6) is 0 Å². The van der Waals surface area contributed by atoms with Gasteiger partial charge in [-0.1, -0.05) is 6.92 Å². The van der Waals surface area contributed by atoms with Crippen LogP contribution in [0.3, 0.4) is 0 Å². The summed E-state index contributed by atoms with van der Waals surface area (Å²) in [5, 5.41) is 0. The van der Waals surface area contributed by atoms with Crippen LogP contribution in [0.15, 0.2) is 12.5 Å². The number of rotatable bonds is 6. The van der Waals surface area contributed by atoms with Crippen molar-refractivity contribution in [1.29, 1.82) is 0 Å². The molecule has 0 radical (unpaired) electrons. The molecule has 114 valence electrons. The first kappa shape index (κ1) is 15.5. The molecule has 0 bridgehead atoms. The third-order valence-electron chi connectivity index (χ3n) is 4.05. The summed E-state index contributed by atoms with van der Waals surface area (Å²) in [6.45, 7) is 3.49. The number of nitrogens with zero attached hydrogens (tertiary/aromatic N) is 3. The smallest absolute Gasteiger partial charge is 0.151 e. The number of imidazole rings is 1. The van der Waals surface area contributed by atoms with Crippen LogP contribution in [0.25, 0.3) is 0 Å². The highest BCUT2D eigenvalue weighted by molar-refractivity contribution is 7.91. The Kier molecular flexibility index (Phi) is 4.82. The maximum absolute atomic E-state index is 11.6. The topological polar surface area (TPSA) is 81.2 Å². The Labute approximate surface area is 120 Å². The normalized spacial score (nSPS) is 23.3. The van der Waals surface area contributed by atoms with Crippen molar-refractivity contribution in [3.63, 3.8) is 0 Å². The molecule has 6 nitrogen and oxygen atoms in total. The minimum Gasteiger partial charge on any atom is -0.333 e. The summed E-state index contributed by atoms with van der Waals surface area (Å²) < 4.78 is 25.4. The van der Waals surface area contributed by atoms with Crippen molar-refractivity contribution in [2.24, 2.45) is 5.73 Å². The van der Waals surface area contributed by atoms with E-state index in [1.165, 1.54) is 0 Å². The Morgan fingerprint density at radius 1 is 1.60 bits per heavy atom. The van der Waals surface area contributed by atoms with E-state index in [9.17, 15) is 8.42 Å². The molecule has 1 aliphatic rings. The van der Waals surface area contributed by atoms with Gasteiger partial charge in [0.25, 0.3) is 0 Å². The maximum Gasteiger partial charge on any atom is 0.151 e. The lowest BCUT2D eigenvalue weighted by Gasteiger charge is -2.32. The zero-order valence-corrected chi connectivity index (χ0v) is 13.0. The highest BCUT2D eigenvalue weighted by atomic mass is 32.2. The summed E-state index contributed by atoms with van der Waals surface area (Å²) in [6.07, 6.45) is 5.38. The molecular weight excluding hydrogens is 276 g/mol. The zero-order chi connectivity index (χ0) is 14.8. The van der Waals surface area contributed by atoms with E-state index in [1.807, 2.05) is 19.6 Å². The Hall–Kier alpha value is -0.920. The second-order valence-corrected chi connectivity index (χ2v) is 7.71. The Morgan fingerprint density at radius 3 is 2.90 bits per heavy atom. The van der Waals surface area contributed by atoms with E-state index in [1.54, 1.807) is 0 Å². The maximum atomic E-state index is 11.6. The molecule has 0 amide bonds. The van der Waals surface area contributed by atoms with Gasteiger partial charge < -0.3 is 10.3 Å². The molecule has 1 saturated heterocycles. The van der Waals surface area contributed by atoms with Gasteiger partial charge in [-0.15, -0.1) is 0 Å². The predicted molar refractivity (Wildman–Crippen MR) is 79.1 cm³/mol. The molecule has 20 heavy (non-hydrogen) atoms. The summed E-state index contributed by atoms with van der Waals surface area (Å²) in [6, 6.07) is 0.0703. The number of likely N-dealkylation sites (N-methyl/N-ethyl adjacent to an activating group) is 1. The first-order chi connectivity index (χ1) is 9.48. The van der Waals surface area contributed by atoms with Gasteiger partial charge in [0.2, 0.25) is 0 Å². The first-order valence-corrected chi connectivity index (χ1v) is 8.93. The van der Waals surface area contributed by atoms with E-state index >= 15 is 0 Å². The van der Waals surface area contributed by atoms with Crippen LogP contribution in [0, 0.1) is 0 Å². The standard InChI is InChI=1S/C13H24N4O2S/c1-3-5-17-10-15-8-13(17)12(7-14)16(2)11-4-6-20(18,19)9-11/h8,10-12H,3-7,9,14H2,1-2H3. The zero-order valence-electron chi connectivity index (χ0n) is 12.2. The van der Waals surface area contributed by atoms with Crippen molar-refractivity contribution in [3.05, 3.63) is 18.2 Å².